The number of benzene rings is 1. The molecule has 3 heterocycles. The van der Waals surface area contributed by atoms with E-state index in [9.17, 15) is 10.1 Å². The van der Waals surface area contributed by atoms with Crippen LogP contribution in [-0.4, -0.2) is 21.6 Å². The number of hydrogen-bond acceptors (Lipinski definition) is 7. The lowest BCUT2D eigenvalue weighted by Gasteiger charge is -2.06. The maximum atomic E-state index is 12.5. The fourth-order valence-corrected chi connectivity index (χ4v) is 5.75. The first-order chi connectivity index (χ1) is 14.1. The van der Waals surface area contributed by atoms with Gasteiger partial charge in [-0.15, -0.1) is 22.7 Å². The van der Waals surface area contributed by atoms with E-state index in [1.165, 1.54) is 29.4 Å². The lowest BCUT2D eigenvalue weighted by atomic mass is 10.1. The van der Waals surface area contributed by atoms with E-state index in [1.54, 1.807) is 11.3 Å². The Bertz CT molecular complexity index is 1240. The third-order valence-corrected chi connectivity index (χ3v) is 7.51. The second kappa shape index (κ2) is 8.33. The second-order valence-electron chi connectivity index (χ2n) is 6.31. The number of nitriles is 1. The van der Waals surface area contributed by atoms with Gasteiger partial charge in [-0.05, 0) is 25.0 Å². The summed E-state index contributed by atoms with van der Waals surface area (Å²) in [5, 5.41) is 16.7. The predicted octanol–water partition coefficient (Wildman–Crippen LogP) is 5.64. The van der Waals surface area contributed by atoms with Gasteiger partial charge in [0.25, 0.3) is 0 Å². The van der Waals surface area contributed by atoms with Crippen LogP contribution in [0.15, 0.2) is 47.1 Å². The summed E-state index contributed by atoms with van der Waals surface area (Å²) < 4.78 is 0. The number of aromatic nitrogens is 2. The van der Waals surface area contributed by atoms with Gasteiger partial charge in [0.05, 0.1) is 16.7 Å². The second-order valence-corrected chi connectivity index (χ2v) is 9.36. The van der Waals surface area contributed by atoms with E-state index in [0.29, 0.717) is 10.6 Å². The first-order valence-electron chi connectivity index (χ1n) is 8.79. The molecule has 144 valence electrons. The van der Waals surface area contributed by atoms with Crippen LogP contribution in [-0.2, 0) is 4.79 Å². The molecule has 0 atom stereocenters. The molecule has 0 unspecified atom stereocenters. The molecule has 1 amide bonds. The Morgan fingerprint density at radius 2 is 2.03 bits per heavy atom. The summed E-state index contributed by atoms with van der Waals surface area (Å²) in [5.41, 5.74) is 3.64. The van der Waals surface area contributed by atoms with Crippen molar-refractivity contribution in [2.24, 2.45) is 0 Å². The average Bonchev–Trinajstić information content (AvgIpc) is 3.28. The van der Waals surface area contributed by atoms with Crippen LogP contribution in [0.4, 0.5) is 5.00 Å². The van der Waals surface area contributed by atoms with Crippen molar-refractivity contribution >= 4 is 55.6 Å². The quantitative estimate of drug-likeness (QED) is 0.324. The van der Waals surface area contributed by atoms with Crippen molar-refractivity contribution in [3.05, 3.63) is 58.0 Å². The topological polar surface area (TPSA) is 78.7 Å². The molecule has 5 nitrogen and oxygen atoms in total. The zero-order valence-electron chi connectivity index (χ0n) is 15.7. The first-order valence-corrected chi connectivity index (χ1v) is 11.5. The highest BCUT2D eigenvalue weighted by molar-refractivity contribution is 8.00. The molecule has 0 aliphatic carbocycles. The largest absolute Gasteiger partial charge is 0.316 e. The monoisotopic (exact) mass is 436 g/mol. The van der Waals surface area contributed by atoms with Crippen LogP contribution in [0.25, 0.3) is 21.3 Å². The number of carbonyl (C=O) groups excluding carboxylic acids is 1. The Morgan fingerprint density at radius 3 is 2.79 bits per heavy atom. The summed E-state index contributed by atoms with van der Waals surface area (Å²) in [5.74, 6) is 0.0489. The highest BCUT2D eigenvalue weighted by Gasteiger charge is 2.17. The van der Waals surface area contributed by atoms with E-state index in [4.69, 9.17) is 0 Å². The Balaban J connectivity index is 1.56. The van der Waals surface area contributed by atoms with Gasteiger partial charge in [-0.3, -0.25) is 4.79 Å². The first kappa shape index (κ1) is 19.6. The highest BCUT2D eigenvalue weighted by atomic mass is 32.2. The highest BCUT2D eigenvalue weighted by Crippen LogP contribution is 2.38. The van der Waals surface area contributed by atoms with Crippen LogP contribution < -0.4 is 5.32 Å². The lowest BCUT2D eigenvalue weighted by molar-refractivity contribution is -0.113. The molecular weight excluding hydrogens is 420 g/mol. The summed E-state index contributed by atoms with van der Waals surface area (Å²) in [6.07, 6.45) is 1.54. The fourth-order valence-electron chi connectivity index (χ4n) is 2.93. The zero-order valence-corrected chi connectivity index (χ0v) is 18.2. The number of hydrogen-bond donors (Lipinski definition) is 1. The number of thiophene rings is 2. The molecule has 4 rings (SSSR count). The van der Waals surface area contributed by atoms with Crippen molar-refractivity contribution in [3.8, 4) is 17.2 Å². The Labute approximate surface area is 180 Å². The molecule has 0 spiro atoms. The number of nitrogens with one attached hydrogen (secondary N) is 1. The molecule has 0 fully saturated rings. The van der Waals surface area contributed by atoms with Crippen LogP contribution in [0, 0.1) is 25.2 Å². The number of aryl methyl sites for hydroxylation is 1. The molecule has 29 heavy (non-hydrogen) atoms. The number of rotatable bonds is 5. The van der Waals surface area contributed by atoms with Gasteiger partial charge < -0.3 is 5.32 Å². The van der Waals surface area contributed by atoms with Crippen molar-refractivity contribution in [1.82, 2.24) is 9.97 Å². The minimum atomic E-state index is -0.156. The van der Waals surface area contributed by atoms with Gasteiger partial charge in [-0.2, -0.15) is 5.26 Å². The molecule has 1 N–H and O–H groups in total. The molecule has 1 aromatic carbocycles. The van der Waals surface area contributed by atoms with Gasteiger partial charge in [0.2, 0.25) is 5.91 Å². The van der Waals surface area contributed by atoms with E-state index in [-0.39, 0.29) is 11.7 Å². The Kier molecular flexibility index (Phi) is 5.62. The summed E-state index contributed by atoms with van der Waals surface area (Å²) >= 11 is 4.38. The number of nitrogens with zero attached hydrogens (tertiary/aromatic N) is 3. The van der Waals surface area contributed by atoms with Gasteiger partial charge in [0.15, 0.2) is 0 Å². The summed E-state index contributed by atoms with van der Waals surface area (Å²) in [4.78, 5) is 23.3. The third kappa shape index (κ3) is 3.90. The maximum Gasteiger partial charge on any atom is 0.235 e. The zero-order chi connectivity index (χ0) is 20.4. The summed E-state index contributed by atoms with van der Waals surface area (Å²) in [6.45, 7) is 3.85. The van der Waals surface area contributed by atoms with Gasteiger partial charge in [-0.1, -0.05) is 42.1 Å². The number of carbonyl (C=O) groups is 1. The van der Waals surface area contributed by atoms with Crippen molar-refractivity contribution in [2.75, 3.05) is 11.1 Å². The van der Waals surface area contributed by atoms with E-state index in [0.717, 1.165) is 36.8 Å². The molecule has 0 aliphatic heterocycles. The molecule has 0 saturated heterocycles. The van der Waals surface area contributed by atoms with Crippen molar-refractivity contribution < 1.29 is 4.79 Å². The SMILES string of the molecule is Cc1sc(NC(=O)CSc2ncnc3scc(-c4ccccc4)c23)c(C#N)c1C. The van der Waals surface area contributed by atoms with Crippen molar-refractivity contribution in [2.45, 2.75) is 18.9 Å². The van der Waals surface area contributed by atoms with Gasteiger partial charge in [0.1, 0.15) is 27.3 Å². The van der Waals surface area contributed by atoms with Crippen LogP contribution in [0.3, 0.4) is 0 Å². The Morgan fingerprint density at radius 1 is 1.24 bits per heavy atom. The lowest BCUT2D eigenvalue weighted by Crippen LogP contribution is -2.14. The van der Waals surface area contributed by atoms with Gasteiger partial charge in [0, 0.05) is 15.8 Å². The molecule has 0 bridgehead atoms. The van der Waals surface area contributed by atoms with Crippen LogP contribution in [0.1, 0.15) is 16.0 Å². The number of thioether (sulfide) groups is 1. The van der Waals surface area contributed by atoms with Crippen LogP contribution >= 0.6 is 34.4 Å². The predicted molar refractivity (Wildman–Crippen MR) is 121 cm³/mol. The molecule has 0 aliphatic rings. The van der Waals surface area contributed by atoms with Gasteiger partial charge >= 0.3 is 0 Å². The summed E-state index contributed by atoms with van der Waals surface area (Å²) in [6, 6.07) is 12.3. The molecule has 4 aromatic rings. The van der Waals surface area contributed by atoms with E-state index in [2.05, 4.69) is 38.9 Å². The van der Waals surface area contributed by atoms with E-state index < -0.39 is 0 Å². The molecule has 3 aromatic heterocycles. The van der Waals surface area contributed by atoms with Crippen LogP contribution in [0.5, 0.6) is 0 Å². The third-order valence-electron chi connectivity index (χ3n) is 4.51. The average molecular weight is 437 g/mol. The van der Waals surface area contributed by atoms with E-state index >= 15 is 0 Å². The van der Waals surface area contributed by atoms with Gasteiger partial charge in [-0.25, -0.2) is 9.97 Å². The van der Waals surface area contributed by atoms with Crippen molar-refractivity contribution in [3.63, 3.8) is 0 Å². The Hall–Kier alpha value is -2.73. The summed E-state index contributed by atoms with van der Waals surface area (Å²) in [7, 11) is 0. The van der Waals surface area contributed by atoms with E-state index in [1.807, 2.05) is 32.0 Å². The number of amides is 1. The number of anilines is 1. The van der Waals surface area contributed by atoms with Crippen molar-refractivity contribution in [1.29, 1.82) is 5.26 Å². The minimum Gasteiger partial charge on any atom is -0.316 e. The smallest absolute Gasteiger partial charge is 0.235 e. The molecule has 8 heteroatoms. The normalized spacial score (nSPS) is 10.8. The molecular formula is C21H16N4OS3. The number of fused-ring (bicyclic) bond motifs is 1. The maximum absolute atomic E-state index is 12.5. The fraction of sp³-hybridized carbons (Fsp3) is 0.143. The minimum absolute atomic E-state index is 0.156. The molecule has 0 radical (unpaired) electrons. The standard InChI is InChI=1S/C21H16N4OS3/c1-12-13(2)29-19(15(12)8-22)25-17(26)10-28-21-18-16(14-6-4-3-5-7-14)9-27-20(18)23-11-24-21/h3-7,9,11H,10H2,1-2H3,(H,25,26). The molecule has 0 saturated carbocycles. The van der Waals surface area contributed by atoms with Crippen LogP contribution in [0.2, 0.25) is 0 Å².